The Kier molecular flexibility index (Phi) is 6.47. The summed E-state index contributed by atoms with van der Waals surface area (Å²) in [5.74, 6) is -0.227. The molecule has 0 atom stereocenters. The molecule has 2 rings (SSSR count). The van der Waals surface area contributed by atoms with Gasteiger partial charge in [-0.3, -0.25) is 19.6 Å². The topological polar surface area (TPSA) is 117 Å². The van der Waals surface area contributed by atoms with Gasteiger partial charge < -0.3 is 0 Å². The van der Waals surface area contributed by atoms with E-state index >= 15 is 0 Å². The van der Waals surface area contributed by atoms with Crippen LogP contribution in [-0.2, 0) is 22.8 Å². The minimum Gasteiger partial charge on any atom is -0.273 e. The smallest absolute Gasteiger partial charge is 0.273 e. The van der Waals surface area contributed by atoms with Crippen LogP contribution in [0.3, 0.4) is 0 Å². The Balaban J connectivity index is 1.84. The molecule has 25 heavy (non-hydrogen) atoms. The summed E-state index contributed by atoms with van der Waals surface area (Å²) in [5, 5.41) is 1.26. The first kappa shape index (κ1) is 18.4. The molecule has 0 aliphatic rings. The number of unbranched alkanes of at least 4 members (excludes halogenated alkanes) is 1. The van der Waals surface area contributed by atoms with Crippen molar-refractivity contribution in [3.63, 3.8) is 0 Å². The summed E-state index contributed by atoms with van der Waals surface area (Å²) >= 11 is 0. The van der Waals surface area contributed by atoms with Gasteiger partial charge in [-0.05, 0) is 18.4 Å². The van der Waals surface area contributed by atoms with Gasteiger partial charge in [0, 0.05) is 20.0 Å². The molecule has 1 heterocycles. The van der Waals surface area contributed by atoms with E-state index in [4.69, 9.17) is 4.84 Å². The van der Waals surface area contributed by atoms with Crippen molar-refractivity contribution in [1.29, 1.82) is 0 Å². The quantitative estimate of drug-likeness (QED) is 0.514. The molecular weight excluding hydrogens is 328 g/mol. The zero-order valence-corrected chi connectivity index (χ0v) is 13.9. The van der Waals surface area contributed by atoms with Crippen LogP contribution in [0.25, 0.3) is 0 Å². The molecule has 0 aliphatic heterocycles. The van der Waals surface area contributed by atoms with E-state index in [2.05, 4.69) is 0 Å². The fourth-order valence-electron chi connectivity index (χ4n) is 2.22. The molecule has 2 aromatic rings. The van der Waals surface area contributed by atoms with E-state index in [9.17, 15) is 19.2 Å². The van der Waals surface area contributed by atoms with Crippen LogP contribution in [0.15, 0.2) is 44.7 Å². The third-order valence-electron chi connectivity index (χ3n) is 3.51. The van der Waals surface area contributed by atoms with Gasteiger partial charge in [0.05, 0.1) is 0 Å². The summed E-state index contributed by atoms with van der Waals surface area (Å²) in [4.78, 5) is 55.2. The van der Waals surface area contributed by atoms with Crippen molar-refractivity contribution in [2.24, 2.45) is 0 Å². The van der Waals surface area contributed by atoms with Gasteiger partial charge in [0.1, 0.15) is 6.61 Å². The van der Waals surface area contributed by atoms with Gasteiger partial charge in [0.15, 0.2) is 0 Å². The van der Waals surface area contributed by atoms with Gasteiger partial charge in [0.2, 0.25) is 5.91 Å². The Labute approximate surface area is 142 Å². The monoisotopic (exact) mass is 348 g/mol. The zero-order valence-electron chi connectivity index (χ0n) is 13.9. The maximum absolute atomic E-state index is 11.6. The number of hydrogen-bond donors (Lipinski definition) is 2. The maximum atomic E-state index is 11.6. The molecule has 2 N–H and O–H groups in total. The second-order valence-electron chi connectivity index (χ2n) is 5.43. The molecule has 9 nitrogen and oxygen atoms in total. The van der Waals surface area contributed by atoms with Crippen LogP contribution in [0, 0.1) is 0 Å². The molecule has 0 unspecified atom stereocenters. The predicted octanol–water partition coefficient (Wildman–Crippen LogP) is -0.0146. The minimum atomic E-state index is -0.830. The molecule has 134 valence electrons. The Morgan fingerprint density at radius 3 is 2.32 bits per heavy atom. The van der Waals surface area contributed by atoms with Gasteiger partial charge in [0.25, 0.3) is 0 Å². The van der Waals surface area contributed by atoms with E-state index in [-0.39, 0.29) is 19.1 Å². The number of amides is 1. The first-order chi connectivity index (χ1) is 12.0. The van der Waals surface area contributed by atoms with Gasteiger partial charge in [-0.25, -0.2) is 24.0 Å². The summed E-state index contributed by atoms with van der Waals surface area (Å²) in [7, 11) is 0. The van der Waals surface area contributed by atoms with Crippen LogP contribution >= 0.6 is 0 Å². The van der Waals surface area contributed by atoms with Crippen LogP contribution in [0.2, 0.25) is 0 Å². The lowest BCUT2D eigenvalue weighted by Gasteiger charge is -2.20. The largest absolute Gasteiger partial charge is 0.333 e. The number of nitrogens with zero attached hydrogens (tertiary/aromatic N) is 2. The van der Waals surface area contributed by atoms with Crippen molar-refractivity contribution in [1.82, 2.24) is 19.6 Å². The second kappa shape index (κ2) is 8.78. The number of aromatic nitrogens is 3. The lowest BCUT2D eigenvalue weighted by Crippen LogP contribution is -2.43. The van der Waals surface area contributed by atoms with Gasteiger partial charge >= 0.3 is 17.1 Å². The lowest BCUT2D eigenvalue weighted by atomic mass is 10.2. The molecule has 0 aliphatic carbocycles. The fourth-order valence-corrected chi connectivity index (χ4v) is 2.22. The highest BCUT2D eigenvalue weighted by molar-refractivity contribution is 5.71. The molecular formula is C16H20N4O5. The van der Waals surface area contributed by atoms with Gasteiger partial charge in [-0.15, -0.1) is 0 Å². The molecule has 0 spiro atoms. The molecule has 0 radical (unpaired) electrons. The normalized spacial score (nSPS) is 10.6. The Morgan fingerprint density at radius 1 is 1.08 bits per heavy atom. The van der Waals surface area contributed by atoms with Crippen LogP contribution in [0.5, 0.6) is 0 Å². The van der Waals surface area contributed by atoms with Crippen molar-refractivity contribution in [3.05, 3.63) is 67.3 Å². The highest BCUT2D eigenvalue weighted by Crippen LogP contribution is 2.05. The standard InChI is InChI=1S/C16H20N4O5/c1-12(21)20(25-11-13-7-3-2-4-8-13)10-6-5-9-19-15(23)17-14(22)18-16(19)24/h2-4,7-8H,5-6,9-11H2,1H3,(H2,17,18,22,23,24). The number of nitrogens with one attached hydrogen (secondary N) is 2. The minimum absolute atomic E-state index is 0.134. The Morgan fingerprint density at radius 2 is 1.72 bits per heavy atom. The average molecular weight is 348 g/mol. The first-order valence-corrected chi connectivity index (χ1v) is 7.86. The number of rotatable bonds is 8. The molecule has 9 heteroatoms. The highest BCUT2D eigenvalue weighted by atomic mass is 16.7. The van der Waals surface area contributed by atoms with Crippen molar-refractivity contribution < 1.29 is 9.63 Å². The molecule has 1 amide bonds. The summed E-state index contributed by atoms with van der Waals surface area (Å²) in [5.41, 5.74) is -1.39. The van der Waals surface area contributed by atoms with Crippen LogP contribution in [0.4, 0.5) is 0 Å². The highest BCUT2D eigenvalue weighted by Gasteiger charge is 2.10. The SMILES string of the molecule is CC(=O)N(CCCCn1c(=O)[nH]c(=O)[nH]c1=O)OCc1ccccc1. The average Bonchev–Trinajstić information content (AvgIpc) is 2.56. The van der Waals surface area contributed by atoms with Crippen molar-refractivity contribution in [2.75, 3.05) is 6.54 Å². The third kappa shape index (κ3) is 5.57. The number of carbonyl (C=O) groups is 1. The Bertz CT molecular complexity index is 834. The van der Waals surface area contributed by atoms with E-state index in [1.165, 1.54) is 12.0 Å². The fraction of sp³-hybridized carbons (Fsp3) is 0.375. The van der Waals surface area contributed by atoms with E-state index < -0.39 is 17.1 Å². The summed E-state index contributed by atoms with van der Waals surface area (Å²) in [6.07, 6.45) is 0.993. The van der Waals surface area contributed by atoms with E-state index in [1.54, 1.807) is 0 Å². The van der Waals surface area contributed by atoms with Crippen LogP contribution in [0.1, 0.15) is 25.3 Å². The number of H-pyrrole nitrogens is 2. The van der Waals surface area contributed by atoms with Crippen molar-refractivity contribution in [2.45, 2.75) is 32.9 Å². The first-order valence-electron chi connectivity index (χ1n) is 7.86. The molecule has 0 saturated heterocycles. The number of aromatic amines is 2. The Hall–Kier alpha value is -2.94. The van der Waals surface area contributed by atoms with E-state index in [0.717, 1.165) is 10.1 Å². The molecule has 0 bridgehead atoms. The van der Waals surface area contributed by atoms with E-state index in [1.807, 2.05) is 40.3 Å². The summed E-state index contributed by atoms with van der Waals surface area (Å²) < 4.78 is 0.907. The molecule has 1 aromatic heterocycles. The van der Waals surface area contributed by atoms with Crippen molar-refractivity contribution in [3.8, 4) is 0 Å². The number of hydrogen-bond acceptors (Lipinski definition) is 5. The number of hydroxylamine groups is 2. The van der Waals surface area contributed by atoms with Crippen LogP contribution in [-0.4, -0.2) is 32.1 Å². The molecule has 0 saturated carbocycles. The predicted molar refractivity (Wildman–Crippen MR) is 89.8 cm³/mol. The van der Waals surface area contributed by atoms with Gasteiger partial charge in [-0.2, -0.15) is 0 Å². The van der Waals surface area contributed by atoms with E-state index in [0.29, 0.717) is 19.4 Å². The molecule has 1 aromatic carbocycles. The maximum Gasteiger partial charge on any atom is 0.333 e. The van der Waals surface area contributed by atoms with Gasteiger partial charge in [-0.1, -0.05) is 30.3 Å². The third-order valence-corrected chi connectivity index (χ3v) is 3.51. The number of carbonyl (C=O) groups excluding carboxylic acids is 1. The lowest BCUT2D eigenvalue weighted by molar-refractivity contribution is -0.189. The molecule has 0 fully saturated rings. The summed E-state index contributed by atoms with van der Waals surface area (Å²) in [6.45, 7) is 2.15. The summed E-state index contributed by atoms with van der Waals surface area (Å²) in [6, 6.07) is 9.46. The van der Waals surface area contributed by atoms with Crippen LogP contribution < -0.4 is 17.1 Å². The van der Waals surface area contributed by atoms with Crippen molar-refractivity contribution >= 4 is 5.91 Å². The number of benzene rings is 1. The second-order valence-corrected chi connectivity index (χ2v) is 5.43. The zero-order chi connectivity index (χ0) is 18.2.